The molecule has 0 fully saturated rings. The first-order valence-corrected chi connectivity index (χ1v) is 7.01. The molecule has 7 heteroatoms. The van der Waals surface area contributed by atoms with Gasteiger partial charge in [0.1, 0.15) is 12.4 Å². The second-order valence-electron chi connectivity index (χ2n) is 4.91. The van der Waals surface area contributed by atoms with E-state index in [1.54, 1.807) is 48.5 Å². The number of rotatable bonds is 5. The van der Waals surface area contributed by atoms with Crippen LogP contribution in [0.15, 0.2) is 53.6 Å². The van der Waals surface area contributed by atoms with Crippen LogP contribution < -0.4 is 9.84 Å². The van der Waals surface area contributed by atoms with Crippen LogP contribution in [-0.2, 0) is 4.79 Å². The van der Waals surface area contributed by atoms with Crippen molar-refractivity contribution >= 4 is 24.0 Å². The minimum absolute atomic E-state index is 0.252. The van der Waals surface area contributed by atoms with E-state index in [0.29, 0.717) is 16.7 Å². The van der Waals surface area contributed by atoms with Crippen molar-refractivity contribution in [1.29, 1.82) is 0 Å². The van der Waals surface area contributed by atoms with Crippen molar-refractivity contribution in [2.45, 2.75) is 0 Å². The third-order valence-corrected chi connectivity index (χ3v) is 3.35. The first-order valence-electron chi connectivity index (χ1n) is 7.01. The van der Waals surface area contributed by atoms with Crippen molar-refractivity contribution < 1.29 is 24.2 Å². The zero-order valence-electron chi connectivity index (χ0n) is 12.3. The van der Waals surface area contributed by atoms with E-state index < -0.39 is 24.4 Å². The van der Waals surface area contributed by atoms with Gasteiger partial charge in [-0.15, -0.1) is 0 Å². The number of hydrazone groups is 1. The van der Waals surface area contributed by atoms with Gasteiger partial charge < -0.3 is 14.6 Å². The zero-order valence-corrected chi connectivity index (χ0v) is 12.3. The van der Waals surface area contributed by atoms with E-state index in [0.717, 1.165) is 5.01 Å². The van der Waals surface area contributed by atoms with Gasteiger partial charge in [-0.3, -0.25) is 9.59 Å². The highest BCUT2D eigenvalue weighted by molar-refractivity contribution is 6.21. The molecule has 0 N–H and O–H groups in total. The second-order valence-corrected chi connectivity index (χ2v) is 4.91. The Kier molecular flexibility index (Phi) is 4.07. The Balaban J connectivity index is 1.84. The summed E-state index contributed by atoms with van der Waals surface area (Å²) in [4.78, 5) is 34.9. The fraction of sp³-hybridized carbons (Fsp3) is 0.0588. The minimum Gasteiger partial charge on any atom is -0.546 e. The number of hydrogen-bond acceptors (Lipinski definition) is 6. The average Bonchev–Trinajstić information content (AvgIpc) is 2.83. The first-order chi connectivity index (χ1) is 11.6. The molecule has 2 amide bonds. The predicted octanol–water partition coefficient (Wildman–Crippen LogP) is 0.445. The van der Waals surface area contributed by atoms with E-state index in [2.05, 4.69) is 5.10 Å². The van der Waals surface area contributed by atoms with Gasteiger partial charge >= 0.3 is 0 Å². The highest BCUT2D eigenvalue weighted by atomic mass is 16.5. The second kappa shape index (κ2) is 6.33. The zero-order chi connectivity index (χ0) is 17.1. The van der Waals surface area contributed by atoms with Gasteiger partial charge in [-0.2, -0.15) is 10.1 Å². The van der Waals surface area contributed by atoms with E-state index in [4.69, 9.17) is 4.74 Å². The molecule has 3 rings (SSSR count). The molecule has 0 atom stereocenters. The number of fused-ring (bicyclic) bond motifs is 1. The van der Waals surface area contributed by atoms with Crippen LogP contribution in [0.1, 0.15) is 26.3 Å². The molecule has 1 heterocycles. The number of benzene rings is 2. The molecule has 24 heavy (non-hydrogen) atoms. The van der Waals surface area contributed by atoms with Crippen LogP contribution in [0.25, 0.3) is 0 Å². The molecule has 0 aromatic heterocycles. The molecule has 0 radical (unpaired) electrons. The van der Waals surface area contributed by atoms with Crippen LogP contribution in [-0.4, -0.2) is 35.6 Å². The van der Waals surface area contributed by atoms with E-state index in [9.17, 15) is 19.5 Å². The highest BCUT2D eigenvalue weighted by Gasteiger charge is 2.35. The van der Waals surface area contributed by atoms with Gasteiger partial charge in [0.15, 0.2) is 0 Å². The van der Waals surface area contributed by atoms with Gasteiger partial charge in [0.2, 0.25) is 0 Å². The quantitative estimate of drug-likeness (QED) is 0.587. The summed E-state index contributed by atoms with van der Waals surface area (Å²) in [6.45, 7) is -0.613. The molecule has 0 saturated carbocycles. The summed E-state index contributed by atoms with van der Waals surface area (Å²) in [5, 5.41) is 15.2. The largest absolute Gasteiger partial charge is 0.546 e. The van der Waals surface area contributed by atoms with Gasteiger partial charge in [0.25, 0.3) is 11.8 Å². The number of carboxylic acids is 1. The van der Waals surface area contributed by atoms with Crippen LogP contribution >= 0.6 is 0 Å². The van der Waals surface area contributed by atoms with Crippen LogP contribution in [0.5, 0.6) is 5.75 Å². The Morgan fingerprint density at radius 2 is 1.62 bits per heavy atom. The van der Waals surface area contributed by atoms with Crippen molar-refractivity contribution in [3.8, 4) is 5.75 Å². The van der Waals surface area contributed by atoms with Crippen LogP contribution in [0, 0.1) is 0 Å². The van der Waals surface area contributed by atoms with Gasteiger partial charge in [-0.1, -0.05) is 24.3 Å². The third-order valence-electron chi connectivity index (χ3n) is 3.35. The molecule has 120 valence electrons. The number of hydrogen-bond donors (Lipinski definition) is 0. The fourth-order valence-corrected chi connectivity index (χ4v) is 2.26. The molecule has 7 nitrogen and oxygen atoms in total. The highest BCUT2D eigenvalue weighted by Crippen LogP contribution is 2.23. The number of carbonyl (C=O) groups excluding carboxylic acids is 3. The van der Waals surface area contributed by atoms with Crippen molar-refractivity contribution in [2.75, 3.05) is 6.61 Å². The number of imide groups is 1. The number of para-hydroxylation sites is 1. The SMILES string of the molecule is O=C([O-])COc1ccccc1/C=N\N1C(=O)c2ccccc2C1=O. The standard InChI is InChI=1S/C17H12N2O5/c20-15(21)10-24-14-8-4-1-5-11(14)9-18-19-16(22)12-6-2-3-7-13(12)17(19)23/h1-9H,10H2,(H,20,21)/p-1/b18-9-. The number of nitrogens with zero attached hydrogens (tertiary/aromatic N) is 2. The maximum atomic E-state index is 12.2. The molecule has 0 spiro atoms. The lowest BCUT2D eigenvalue weighted by Gasteiger charge is -2.10. The number of ether oxygens (including phenoxy) is 1. The van der Waals surface area contributed by atoms with Crippen molar-refractivity contribution in [1.82, 2.24) is 5.01 Å². The molecule has 2 aromatic carbocycles. The summed E-state index contributed by atoms with van der Waals surface area (Å²) in [5.41, 5.74) is 1.01. The van der Waals surface area contributed by atoms with Crippen LogP contribution in [0.2, 0.25) is 0 Å². The molecule has 0 saturated heterocycles. The molecule has 0 aliphatic carbocycles. The average molecular weight is 323 g/mol. The Hall–Kier alpha value is -3.48. The number of amides is 2. The lowest BCUT2D eigenvalue weighted by molar-refractivity contribution is -0.307. The molecular formula is C17H11N2O5-. The van der Waals surface area contributed by atoms with Crippen LogP contribution in [0.3, 0.4) is 0 Å². The summed E-state index contributed by atoms with van der Waals surface area (Å²) in [6, 6.07) is 13.0. The van der Waals surface area contributed by atoms with Crippen molar-refractivity contribution in [3.63, 3.8) is 0 Å². The molecule has 1 aliphatic heterocycles. The topological polar surface area (TPSA) is 99.1 Å². The summed E-state index contributed by atoms with van der Waals surface area (Å²) in [6.07, 6.45) is 1.27. The molecule has 1 aliphatic rings. The smallest absolute Gasteiger partial charge is 0.282 e. The van der Waals surface area contributed by atoms with Gasteiger partial charge in [0.05, 0.1) is 23.3 Å². The monoisotopic (exact) mass is 323 g/mol. The van der Waals surface area contributed by atoms with Gasteiger partial charge in [-0.05, 0) is 24.3 Å². The number of carbonyl (C=O) groups is 3. The Morgan fingerprint density at radius 3 is 2.25 bits per heavy atom. The normalized spacial score (nSPS) is 13.4. The van der Waals surface area contributed by atoms with E-state index in [-0.39, 0.29) is 5.75 Å². The number of aliphatic carboxylic acids is 1. The van der Waals surface area contributed by atoms with Crippen LogP contribution in [0.4, 0.5) is 0 Å². The molecular weight excluding hydrogens is 312 g/mol. The number of carboxylic acid groups (broad SMARTS) is 1. The molecule has 2 aromatic rings. The van der Waals surface area contributed by atoms with Gasteiger partial charge in [-0.25, -0.2) is 0 Å². The van der Waals surface area contributed by atoms with E-state index in [1.807, 2.05) is 0 Å². The Morgan fingerprint density at radius 1 is 1.04 bits per heavy atom. The third kappa shape index (κ3) is 2.87. The fourth-order valence-electron chi connectivity index (χ4n) is 2.26. The van der Waals surface area contributed by atoms with E-state index >= 15 is 0 Å². The summed E-state index contributed by atoms with van der Waals surface area (Å²) >= 11 is 0. The summed E-state index contributed by atoms with van der Waals surface area (Å²) in [7, 11) is 0. The first kappa shape index (κ1) is 15.4. The Bertz CT molecular complexity index is 825. The van der Waals surface area contributed by atoms with E-state index in [1.165, 1.54) is 6.21 Å². The maximum Gasteiger partial charge on any atom is 0.282 e. The lowest BCUT2D eigenvalue weighted by atomic mass is 10.1. The summed E-state index contributed by atoms with van der Waals surface area (Å²) < 4.78 is 5.09. The summed E-state index contributed by atoms with van der Waals surface area (Å²) in [5.74, 6) is -2.14. The minimum atomic E-state index is -1.36. The molecule has 0 bridgehead atoms. The maximum absolute atomic E-state index is 12.2. The predicted molar refractivity (Wildman–Crippen MR) is 81.5 cm³/mol. The van der Waals surface area contributed by atoms with Crippen molar-refractivity contribution in [2.24, 2.45) is 5.10 Å². The van der Waals surface area contributed by atoms with Gasteiger partial charge in [0, 0.05) is 5.56 Å². The Labute approximate surface area is 136 Å². The van der Waals surface area contributed by atoms with Crippen molar-refractivity contribution in [3.05, 3.63) is 65.2 Å². The molecule has 0 unspecified atom stereocenters. The lowest BCUT2D eigenvalue weighted by Crippen LogP contribution is -2.29.